The number of rotatable bonds is 9. The first kappa shape index (κ1) is 42.3. The summed E-state index contributed by atoms with van der Waals surface area (Å²) in [6.45, 7) is 23.1. The Morgan fingerprint density at radius 2 is 0.908 bits per heavy atom. The van der Waals surface area contributed by atoms with Gasteiger partial charge in [0.25, 0.3) is 0 Å². The van der Waals surface area contributed by atoms with E-state index < -0.39 is 5.41 Å². The molecule has 0 heterocycles. The molecule has 65 heavy (non-hydrogen) atoms. The molecular formula is C64H61N. The molecule has 1 heteroatoms. The molecule has 10 rings (SSSR count). The van der Waals surface area contributed by atoms with Crippen LogP contribution in [0.4, 0.5) is 17.1 Å². The van der Waals surface area contributed by atoms with Crippen LogP contribution in [0.3, 0.4) is 0 Å². The lowest BCUT2D eigenvalue weighted by Gasteiger charge is -2.35. The maximum absolute atomic E-state index is 2.61. The number of benzene rings is 8. The summed E-state index contributed by atoms with van der Waals surface area (Å²) in [6, 6.07) is 57.5. The van der Waals surface area contributed by atoms with E-state index in [-0.39, 0.29) is 5.41 Å². The van der Waals surface area contributed by atoms with Crippen molar-refractivity contribution in [2.45, 2.75) is 92.9 Å². The smallest absolute Gasteiger partial charge is 0.0713 e. The predicted octanol–water partition coefficient (Wildman–Crippen LogP) is 17.2. The van der Waals surface area contributed by atoms with Gasteiger partial charge < -0.3 is 4.90 Å². The lowest BCUT2D eigenvalue weighted by molar-refractivity contribution is 0.490. The molecule has 2 aliphatic carbocycles. The second-order valence-electron chi connectivity index (χ2n) is 19.0. The quantitative estimate of drug-likeness (QED) is 0.131. The van der Waals surface area contributed by atoms with Crippen LogP contribution in [-0.4, -0.2) is 0 Å². The molecule has 0 atom stereocenters. The minimum atomic E-state index is -0.418. The Balaban J connectivity index is 1.10. The van der Waals surface area contributed by atoms with Crippen molar-refractivity contribution in [2.24, 2.45) is 0 Å². The molecule has 0 aromatic heterocycles. The third-order valence-electron chi connectivity index (χ3n) is 15.9. The molecule has 0 aliphatic heterocycles. The van der Waals surface area contributed by atoms with Crippen molar-refractivity contribution >= 4 is 29.2 Å². The highest BCUT2D eigenvalue weighted by molar-refractivity contribution is 5.94. The fourth-order valence-corrected chi connectivity index (χ4v) is 12.0. The Morgan fingerprint density at radius 3 is 1.46 bits per heavy atom. The predicted molar refractivity (Wildman–Crippen MR) is 278 cm³/mol. The molecule has 0 bridgehead atoms. The summed E-state index contributed by atoms with van der Waals surface area (Å²) >= 11 is 0. The first-order chi connectivity index (χ1) is 31.5. The van der Waals surface area contributed by atoms with Gasteiger partial charge in [0.05, 0.1) is 16.8 Å². The van der Waals surface area contributed by atoms with Crippen LogP contribution in [0, 0.1) is 55.4 Å². The van der Waals surface area contributed by atoms with Gasteiger partial charge in [-0.05, 0) is 192 Å². The van der Waals surface area contributed by atoms with Crippen LogP contribution in [-0.2, 0) is 10.8 Å². The lowest BCUT2D eigenvalue weighted by Crippen LogP contribution is -2.28. The standard InChI is InChI=1S/C64H61N/c1-11-63(12-2)58-38-48(30-32-49-22-21-29-57-60(49)55-27-19-20-28-56(55)64(57,50-23-15-13-16-24-50)51-25-17-14-18-26-51)31-34-53(58)54-35-33-52(39-59(54)63)65(61-44(7)40(3)36-41(4)45(61)8)62-46(9)42(5)37-43(6)47(62)10/h13-39H,11-12H2,1-10H3/b32-30+. The first-order valence-electron chi connectivity index (χ1n) is 23.7. The van der Waals surface area contributed by atoms with Crippen LogP contribution < -0.4 is 4.90 Å². The summed E-state index contributed by atoms with van der Waals surface area (Å²) in [5.74, 6) is 0. The van der Waals surface area contributed by atoms with Crippen molar-refractivity contribution in [1.82, 2.24) is 0 Å². The van der Waals surface area contributed by atoms with E-state index >= 15 is 0 Å². The highest BCUT2D eigenvalue weighted by atomic mass is 15.2. The van der Waals surface area contributed by atoms with E-state index in [9.17, 15) is 0 Å². The Bertz CT molecular complexity index is 3040. The fourth-order valence-electron chi connectivity index (χ4n) is 12.0. The molecule has 0 saturated heterocycles. The summed E-state index contributed by atoms with van der Waals surface area (Å²) in [7, 11) is 0. The highest BCUT2D eigenvalue weighted by Crippen LogP contribution is 2.58. The van der Waals surface area contributed by atoms with E-state index in [2.05, 4.69) is 238 Å². The minimum Gasteiger partial charge on any atom is -0.309 e. The van der Waals surface area contributed by atoms with Gasteiger partial charge in [-0.2, -0.15) is 0 Å². The topological polar surface area (TPSA) is 3.24 Å². The van der Waals surface area contributed by atoms with Crippen LogP contribution in [0.5, 0.6) is 0 Å². The van der Waals surface area contributed by atoms with Gasteiger partial charge in [0.15, 0.2) is 0 Å². The number of nitrogens with zero attached hydrogens (tertiary/aromatic N) is 1. The molecule has 0 fully saturated rings. The number of hydrogen-bond donors (Lipinski definition) is 0. The number of anilines is 3. The zero-order chi connectivity index (χ0) is 45.4. The monoisotopic (exact) mass is 843 g/mol. The molecule has 0 N–H and O–H groups in total. The van der Waals surface area contributed by atoms with Gasteiger partial charge in [0, 0.05) is 11.1 Å². The largest absolute Gasteiger partial charge is 0.309 e. The van der Waals surface area contributed by atoms with Gasteiger partial charge in [-0.25, -0.2) is 0 Å². The van der Waals surface area contributed by atoms with E-state index in [0.29, 0.717) is 0 Å². The average molecular weight is 844 g/mol. The number of fused-ring (bicyclic) bond motifs is 6. The zero-order valence-corrected chi connectivity index (χ0v) is 39.9. The van der Waals surface area contributed by atoms with E-state index in [4.69, 9.17) is 0 Å². The van der Waals surface area contributed by atoms with Crippen LogP contribution in [0.15, 0.2) is 152 Å². The summed E-state index contributed by atoms with van der Waals surface area (Å²) in [6.07, 6.45) is 6.76. The van der Waals surface area contributed by atoms with Gasteiger partial charge in [0.2, 0.25) is 0 Å². The summed E-state index contributed by atoms with van der Waals surface area (Å²) in [4.78, 5) is 2.61. The minimum absolute atomic E-state index is 0.118. The first-order valence-corrected chi connectivity index (χ1v) is 23.7. The van der Waals surface area contributed by atoms with E-state index in [0.717, 1.165) is 12.8 Å². The summed E-state index contributed by atoms with van der Waals surface area (Å²) in [5.41, 5.74) is 29.9. The molecule has 0 radical (unpaired) electrons. The number of hydrogen-bond acceptors (Lipinski definition) is 1. The van der Waals surface area contributed by atoms with Crippen molar-refractivity contribution in [3.63, 3.8) is 0 Å². The van der Waals surface area contributed by atoms with Crippen molar-refractivity contribution < 1.29 is 0 Å². The van der Waals surface area contributed by atoms with Crippen LogP contribution in [0.1, 0.15) is 116 Å². The Morgan fingerprint density at radius 1 is 0.415 bits per heavy atom. The Kier molecular flexibility index (Phi) is 10.5. The SMILES string of the molecule is CCC1(CC)c2cc(/C=C/c3cccc4c3-c3ccccc3C4(c3ccccc3)c3ccccc3)ccc2-c2ccc(N(c3c(C)c(C)cc(C)c3C)c3c(C)c(C)cc(C)c3C)cc21. The van der Waals surface area contributed by atoms with Gasteiger partial charge in [-0.3, -0.25) is 0 Å². The summed E-state index contributed by atoms with van der Waals surface area (Å²) < 4.78 is 0. The molecule has 8 aromatic rings. The van der Waals surface area contributed by atoms with E-state index in [1.165, 1.54) is 128 Å². The van der Waals surface area contributed by atoms with Gasteiger partial charge in [-0.15, -0.1) is 0 Å². The van der Waals surface area contributed by atoms with Crippen molar-refractivity contribution in [1.29, 1.82) is 0 Å². The second kappa shape index (κ2) is 16.1. The second-order valence-corrected chi connectivity index (χ2v) is 19.0. The third-order valence-corrected chi connectivity index (χ3v) is 15.9. The third kappa shape index (κ3) is 6.26. The molecule has 0 saturated carbocycles. The molecular weight excluding hydrogens is 783 g/mol. The maximum atomic E-state index is 2.61. The maximum Gasteiger partial charge on any atom is 0.0713 e. The van der Waals surface area contributed by atoms with Gasteiger partial charge in [-0.1, -0.05) is 166 Å². The molecule has 322 valence electrons. The van der Waals surface area contributed by atoms with Crippen molar-refractivity contribution in [3.05, 3.63) is 241 Å². The highest BCUT2D eigenvalue weighted by Gasteiger charge is 2.46. The van der Waals surface area contributed by atoms with E-state index in [1.54, 1.807) is 0 Å². The van der Waals surface area contributed by atoms with Gasteiger partial charge in [0.1, 0.15) is 0 Å². The Labute approximate surface area is 388 Å². The van der Waals surface area contributed by atoms with Crippen molar-refractivity contribution in [2.75, 3.05) is 4.90 Å². The molecule has 2 aliphatic rings. The van der Waals surface area contributed by atoms with Crippen molar-refractivity contribution in [3.8, 4) is 22.3 Å². The lowest BCUT2D eigenvalue weighted by atomic mass is 9.67. The molecule has 8 aromatic carbocycles. The molecule has 0 unspecified atom stereocenters. The molecule has 1 nitrogen and oxygen atoms in total. The van der Waals surface area contributed by atoms with E-state index in [1.807, 2.05) is 0 Å². The Hall–Kier alpha value is -6.70. The fraction of sp³-hybridized carbons (Fsp3) is 0.219. The number of aryl methyl sites for hydroxylation is 4. The van der Waals surface area contributed by atoms with Gasteiger partial charge >= 0.3 is 0 Å². The molecule has 0 amide bonds. The van der Waals surface area contributed by atoms with Crippen LogP contribution >= 0.6 is 0 Å². The molecule has 0 spiro atoms. The normalized spacial score (nSPS) is 14.0. The van der Waals surface area contributed by atoms with Crippen LogP contribution in [0.25, 0.3) is 34.4 Å². The summed E-state index contributed by atoms with van der Waals surface area (Å²) in [5, 5.41) is 0. The zero-order valence-electron chi connectivity index (χ0n) is 39.9. The average Bonchev–Trinajstić information content (AvgIpc) is 3.79. The van der Waals surface area contributed by atoms with Crippen LogP contribution in [0.2, 0.25) is 0 Å².